The van der Waals surface area contributed by atoms with Gasteiger partial charge in [-0.2, -0.15) is 0 Å². The van der Waals surface area contributed by atoms with Gasteiger partial charge in [-0.05, 0) is 37.3 Å². The molecule has 3 rings (SSSR count). The minimum atomic E-state index is -1.12. The van der Waals surface area contributed by atoms with Crippen molar-refractivity contribution in [1.82, 2.24) is 4.98 Å². The van der Waals surface area contributed by atoms with Gasteiger partial charge in [0.1, 0.15) is 11.4 Å². The van der Waals surface area contributed by atoms with Crippen molar-refractivity contribution >= 4 is 40.1 Å². The number of pyridine rings is 1. The fourth-order valence-corrected chi connectivity index (χ4v) is 2.77. The lowest BCUT2D eigenvalue weighted by atomic mass is 10.2. The molecule has 3 aromatic rings. The Balaban J connectivity index is 1.75. The first-order valence-electron chi connectivity index (χ1n) is 8.36. The Morgan fingerprint density at radius 2 is 1.89 bits per heavy atom. The third-order valence-corrected chi connectivity index (χ3v) is 4.26. The van der Waals surface area contributed by atoms with Gasteiger partial charge in [0, 0.05) is 22.0 Å². The number of aromatic amines is 1. The molecule has 0 saturated heterocycles. The van der Waals surface area contributed by atoms with Crippen molar-refractivity contribution in [3.8, 4) is 5.75 Å². The smallest absolute Gasteiger partial charge is 0.355 e. The van der Waals surface area contributed by atoms with Gasteiger partial charge in [-0.1, -0.05) is 23.7 Å². The van der Waals surface area contributed by atoms with E-state index in [1.807, 2.05) is 0 Å². The molecular weight excluding hydrogens is 384 g/mol. The maximum Gasteiger partial charge on any atom is 0.355 e. The van der Waals surface area contributed by atoms with E-state index in [1.165, 1.54) is 20.1 Å². The maximum absolute atomic E-state index is 12.4. The summed E-state index contributed by atoms with van der Waals surface area (Å²) < 4.78 is 10.3. The number of methoxy groups -OCH3 is 1. The number of nitrogens with one attached hydrogen (secondary N) is 2. The molecular formula is C20H17ClN2O5. The summed E-state index contributed by atoms with van der Waals surface area (Å²) in [4.78, 5) is 39.7. The van der Waals surface area contributed by atoms with Gasteiger partial charge in [0.25, 0.3) is 5.91 Å². The van der Waals surface area contributed by atoms with Crippen molar-refractivity contribution < 1.29 is 19.1 Å². The standard InChI is InChI=1S/C20H17ClN2O5/c1-11(19(25)23-15-9-12(21)7-8-18(15)27-2)28-20(26)16-10-17(24)13-5-3-4-6-14(13)22-16/h3-11H,1-2H3,(H,22,24)(H,23,25)/t11-/m1/s1. The molecule has 7 nitrogen and oxygen atoms in total. The summed E-state index contributed by atoms with van der Waals surface area (Å²) in [5, 5.41) is 3.47. The van der Waals surface area contributed by atoms with Crippen LogP contribution in [-0.4, -0.2) is 30.1 Å². The second-order valence-electron chi connectivity index (χ2n) is 5.97. The largest absolute Gasteiger partial charge is 0.495 e. The van der Waals surface area contributed by atoms with Crippen LogP contribution in [0.4, 0.5) is 5.69 Å². The third kappa shape index (κ3) is 4.15. The molecule has 28 heavy (non-hydrogen) atoms. The summed E-state index contributed by atoms with van der Waals surface area (Å²) in [5.41, 5.74) is 0.496. The fraction of sp³-hybridized carbons (Fsp3) is 0.150. The zero-order valence-corrected chi connectivity index (χ0v) is 15.9. The highest BCUT2D eigenvalue weighted by Gasteiger charge is 2.21. The van der Waals surface area contributed by atoms with Crippen LogP contribution in [0, 0.1) is 0 Å². The third-order valence-electron chi connectivity index (χ3n) is 4.03. The average Bonchev–Trinajstić information content (AvgIpc) is 2.68. The monoisotopic (exact) mass is 400 g/mol. The number of H-pyrrole nitrogens is 1. The number of ether oxygens (including phenoxy) is 2. The number of hydrogen-bond acceptors (Lipinski definition) is 5. The van der Waals surface area contributed by atoms with Gasteiger partial charge in [0.2, 0.25) is 0 Å². The molecule has 0 aliphatic heterocycles. The average molecular weight is 401 g/mol. The number of benzene rings is 2. The quantitative estimate of drug-likeness (QED) is 0.640. The number of carbonyl (C=O) groups excluding carboxylic acids is 2. The minimum Gasteiger partial charge on any atom is -0.495 e. The lowest BCUT2D eigenvalue weighted by Gasteiger charge is -2.15. The highest BCUT2D eigenvalue weighted by atomic mass is 35.5. The first-order chi connectivity index (χ1) is 13.4. The van der Waals surface area contributed by atoms with Gasteiger partial charge in [0.15, 0.2) is 11.5 Å². The second kappa shape index (κ2) is 8.14. The molecule has 0 fully saturated rings. The Kier molecular flexibility index (Phi) is 5.65. The number of anilines is 1. The first kappa shape index (κ1) is 19.4. The van der Waals surface area contributed by atoms with Gasteiger partial charge in [0.05, 0.1) is 12.8 Å². The van der Waals surface area contributed by atoms with Crippen LogP contribution < -0.4 is 15.5 Å². The van der Waals surface area contributed by atoms with Crippen molar-refractivity contribution in [2.24, 2.45) is 0 Å². The van der Waals surface area contributed by atoms with Crippen molar-refractivity contribution in [3.63, 3.8) is 0 Å². The second-order valence-corrected chi connectivity index (χ2v) is 6.41. The predicted octanol–water partition coefficient (Wildman–Crippen LogP) is 3.37. The molecule has 2 N–H and O–H groups in total. The molecule has 144 valence electrons. The molecule has 1 aromatic heterocycles. The molecule has 0 aliphatic rings. The normalized spacial score (nSPS) is 11.7. The Hall–Kier alpha value is -3.32. The zero-order chi connectivity index (χ0) is 20.3. The Morgan fingerprint density at radius 3 is 2.64 bits per heavy atom. The predicted molar refractivity (Wildman–Crippen MR) is 106 cm³/mol. The van der Waals surface area contributed by atoms with Crippen LogP contribution in [0.15, 0.2) is 53.3 Å². The van der Waals surface area contributed by atoms with Crippen LogP contribution in [0.25, 0.3) is 10.9 Å². The van der Waals surface area contributed by atoms with E-state index in [-0.39, 0.29) is 11.1 Å². The van der Waals surface area contributed by atoms with Gasteiger partial charge in [-0.3, -0.25) is 9.59 Å². The van der Waals surface area contributed by atoms with E-state index in [0.717, 1.165) is 6.07 Å². The topological polar surface area (TPSA) is 97.5 Å². The van der Waals surface area contributed by atoms with Crippen molar-refractivity contribution in [2.45, 2.75) is 13.0 Å². The molecule has 0 radical (unpaired) electrons. The highest BCUT2D eigenvalue weighted by Crippen LogP contribution is 2.27. The van der Waals surface area contributed by atoms with Gasteiger partial charge in [-0.15, -0.1) is 0 Å². The molecule has 0 spiro atoms. The van der Waals surface area contributed by atoms with Crippen molar-refractivity contribution in [3.05, 3.63) is 69.5 Å². The lowest BCUT2D eigenvalue weighted by Crippen LogP contribution is -2.30. The molecule has 1 atom stereocenters. The summed E-state index contributed by atoms with van der Waals surface area (Å²) in [5.74, 6) is -0.976. The summed E-state index contributed by atoms with van der Waals surface area (Å²) in [6.07, 6.45) is -1.12. The minimum absolute atomic E-state index is 0.0383. The number of para-hydroxylation sites is 1. The number of carbonyl (C=O) groups is 2. The number of halogens is 1. The van der Waals surface area contributed by atoms with Crippen LogP contribution >= 0.6 is 11.6 Å². The highest BCUT2D eigenvalue weighted by molar-refractivity contribution is 6.31. The number of hydrogen-bond donors (Lipinski definition) is 2. The van der Waals surface area contributed by atoms with Crippen molar-refractivity contribution in [1.29, 1.82) is 0 Å². The van der Waals surface area contributed by atoms with Crippen LogP contribution in [-0.2, 0) is 9.53 Å². The summed E-state index contributed by atoms with van der Waals surface area (Å²) in [6, 6.07) is 12.7. The van der Waals surface area contributed by atoms with Crippen LogP contribution in [0.2, 0.25) is 5.02 Å². The molecule has 0 aliphatic carbocycles. The molecule has 0 bridgehead atoms. The molecule has 0 unspecified atom stereocenters. The number of esters is 1. The Bertz CT molecular complexity index is 1110. The number of rotatable bonds is 5. The molecule has 1 heterocycles. The van der Waals surface area contributed by atoms with Crippen LogP contribution in [0.1, 0.15) is 17.4 Å². The maximum atomic E-state index is 12.4. The van der Waals surface area contributed by atoms with E-state index >= 15 is 0 Å². The van der Waals surface area contributed by atoms with Gasteiger partial charge in [-0.25, -0.2) is 4.79 Å². The number of fused-ring (bicyclic) bond motifs is 1. The summed E-state index contributed by atoms with van der Waals surface area (Å²) >= 11 is 5.94. The van der Waals surface area contributed by atoms with Gasteiger partial charge >= 0.3 is 5.97 Å². The Labute approximate surface area is 165 Å². The summed E-state index contributed by atoms with van der Waals surface area (Å²) in [7, 11) is 1.46. The van der Waals surface area contributed by atoms with Crippen LogP contribution in [0.5, 0.6) is 5.75 Å². The van der Waals surface area contributed by atoms with Gasteiger partial charge < -0.3 is 19.8 Å². The molecule has 8 heteroatoms. The Morgan fingerprint density at radius 1 is 1.14 bits per heavy atom. The van der Waals surface area contributed by atoms with E-state index in [2.05, 4.69) is 10.3 Å². The SMILES string of the molecule is COc1ccc(Cl)cc1NC(=O)[C@@H](C)OC(=O)c1cc(=O)c2ccccc2[nH]1. The lowest BCUT2D eigenvalue weighted by molar-refractivity contribution is -0.123. The number of amides is 1. The molecule has 2 aromatic carbocycles. The van der Waals surface area contributed by atoms with E-state index in [1.54, 1.807) is 36.4 Å². The molecule has 0 saturated carbocycles. The first-order valence-corrected chi connectivity index (χ1v) is 8.74. The fourth-order valence-electron chi connectivity index (χ4n) is 2.60. The van der Waals surface area contributed by atoms with E-state index in [0.29, 0.717) is 27.4 Å². The van der Waals surface area contributed by atoms with E-state index in [4.69, 9.17) is 21.1 Å². The van der Waals surface area contributed by atoms with E-state index in [9.17, 15) is 14.4 Å². The van der Waals surface area contributed by atoms with Crippen LogP contribution in [0.3, 0.4) is 0 Å². The van der Waals surface area contributed by atoms with Crippen molar-refractivity contribution in [2.75, 3.05) is 12.4 Å². The van der Waals surface area contributed by atoms with E-state index < -0.39 is 18.0 Å². The zero-order valence-electron chi connectivity index (χ0n) is 15.1. The molecule has 1 amide bonds. The summed E-state index contributed by atoms with van der Waals surface area (Å²) in [6.45, 7) is 1.42. The number of aromatic nitrogens is 1.